The minimum absolute atomic E-state index is 0.135. The first-order valence-electron chi connectivity index (χ1n) is 6.01. The van der Waals surface area contributed by atoms with Gasteiger partial charge < -0.3 is 5.32 Å². The minimum atomic E-state index is -4.37. The van der Waals surface area contributed by atoms with E-state index in [9.17, 15) is 13.2 Å². The standard InChI is InChI=1S/C13H12F3N3/c14-13(15,16)10-4-2-1-3-8(10)12-9-7-17-6-5-11(9)18-19-12/h1-4,17H,5-7H2,(H,18,19). The predicted molar refractivity (Wildman–Crippen MR) is 64.4 cm³/mol. The first kappa shape index (κ1) is 12.2. The number of nitrogens with one attached hydrogen (secondary N) is 2. The lowest BCUT2D eigenvalue weighted by molar-refractivity contribution is -0.137. The van der Waals surface area contributed by atoms with Gasteiger partial charge >= 0.3 is 6.18 Å². The molecule has 0 radical (unpaired) electrons. The number of aromatic amines is 1. The summed E-state index contributed by atoms with van der Waals surface area (Å²) >= 11 is 0. The normalized spacial score (nSPS) is 15.3. The molecule has 0 atom stereocenters. The molecule has 0 saturated carbocycles. The first-order valence-corrected chi connectivity index (χ1v) is 6.01. The molecular formula is C13H12F3N3. The van der Waals surface area contributed by atoms with Gasteiger partial charge in [-0.15, -0.1) is 0 Å². The molecule has 0 unspecified atom stereocenters. The van der Waals surface area contributed by atoms with Gasteiger partial charge in [0.05, 0.1) is 11.3 Å². The van der Waals surface area contributed by atoms with Gasteiger partial charge in [-0.3, -0.25) is 5.10 Å². The van der Waals surface area contributed by atoms with Crippen LogP contribution in [-0.2, 0) is 19.1 Å². The number of benzene rings is 1. The van der Waals surface area contributed by atoms with Crippen molar-refractivity contribution in [1.29, 1.82) is 0 Å². The second-order valence-electron chi connectivity index (χ2n) is 4.50. The molecule has 0 saturated heterocycles. The van der Waals surface area contributed by atoms with Crippen LogP contribution in [0.25, 0.3) is 11.3 Å². The molecule has 0 aliphatic carbocycles. The zero-order valence-corrected chi connectivity index (χ0v) is 10.0. The Labute approximate surface area is 107 Å². The Kier molecular flexibility index (Phi) is 2.82. The molecule has 100 valence electrons. The van der Waals surface area contributed by atoms with Gasteiger partial charge in [-0.05, 0) is 6.07 Å². The van der Waals surface area contributed by atoms with Crippen LogP contribution in [-0.4, -0.2) is 16.7 Å². The van der Waals surface area contributed by atoms with Crippen molar-refractivity contribution < 1.29 is 13.2 Å². The maximum Gasteiger partial charge on any atom is 0.417 e. The topological polar surface area (TPSA) is 40.7 Å². The molecule has 3 rings (SSSR count). The van der Waals surface area contributed by atoms with E-state index in [1.165, 1.54) is 12.1 Å². The molecule has 0 spiro atoms. The number of hydrogen-bond acceptors (Lipinski definition) is 2. The fourth-order valence-corrected chi connectivity index (χ4v) is 2.38. The van der Waals surface area contributed by atoms with Gasteiger partial charge in [0.15, 0.2) is 0 Å². The number of aromatic nitrogens is 2. The Hall–Kier alpha value is -1.82. The van der Waals surface area contributed by atoms with Crippen molar-refractivity contribution in [2.75, 3.05) is 6.54 Å². The van der Waals surface area contributed by atoms with Gasteiger partial charge in [0.2, 0.25) is 0 Å². The number of hydrogen-bond donors (Lipinski definition) is 2. The Bertz CT molecular complexity index is 601. The molecule has 2 heterocycles. The molecular weight excluding hydrogens is 255 g/mol. The van der Waals surface area contributed by atoms with Crippen LogP contribution in [0.5, 0.6) is 0 Å². The lowest BCUT2D eigenvalue weighted by Crippen LogP contribution is -2.23. The van der Waals surface area contributed by atoms with E-state index in [1.807, 2.05) is 0 Å². The van der Waals surface area contributed by atoms with Crippen LogP contribution in [0.3, 0.4) is 0 Å². The number of fused-ring (bicyclic) bond motifs is 1. The minimum Gasteiger partial charge on any atom is -0.312 e. The van der Waals surface area contributed by atoms with Crippen molar-refractivity contribution in [1.82, 2.24) is 15.5 Å². The zero-order chi connectivity index (χ0) is 13.5. The Balaban J connectivity index is 2.15. The fourth-order valence-electron chi connectivity index (χ4n) is 2.38. The fraction of sp³-hybridized carbons (Fsp3) is 0.308. The first-order chi connectivity index (χ1) is 9.07. The van der Waals surface area contributed by atoms with Gasteiger partial charge in [0.25, 0.3) is 0 Å². The molecule has 2 aromatic rings. The number of halogens is 3. The number of nitrogens with zero attached hydrogens (tertiary/aromatic N) is 1. The van der Waals surface area contributed by atoms with Gasteiger partial charge in [0, 0.05) is 36.3 Å². The van der Waals surface area contributed by atoms with Crippen LogP contribution in [0.4, 0.5) is 13.2 Å². The molecule has 1 aromatic heterocycles. The van der Waals surface area contributed by atoms with Crippen molar-refractivity contribution in [3.8, 4) is 11.3 Å². The monoisotopic (exact) mass is 267 g/mol. The molecule has 1 aromatic carbocycles. The molecule has 1 aliphatic rings. The maximum atomic E-state index is 13.0. The predicted octanol–water partition coefficient (Wildman–Crippen LogP) is 2.74. The summed E-state index contributed by atoms with van der Waals surface area (Å²) in [4.78, 5) is 0. The summed E-state index contributed by atoms with van der Waals surface area (Å²) < 4.78 is 39.1. The lowest BCUT2D eigenvalue weighted by atomic mass is 9.98. The molecule has 1 aliphatic heterocycles. The maximum absolute atomic E-state index is 13.0. The molecule has 19 heavy (non-hydrogen) atoms. The summed E-state index contributed by atoms with van der Waals surface area (Å²) in [5.74, 6) is 0. The second kappa shape index (κ2) is 4.38. The smallest absolute Gasteiger partial charge is 0.312 e. The highest BCUT2D eigenvalue weighted by Crippen LogP contribution is 2.38. The summed E-state index contributed by atoms with van der Waals surface area (Å²) in [6.45, 7) is 1.36. The van der Waals surface area contributed by atoms with E-state index < -0.39 is 11.7 Å². The van der Waals surface area contributed by atoms with E-state index >= 15 is 0 Å². The van der Waals surface area contributed by atoms with E-state index in [-0.39, 0.29) is 5.56 Å². The van der Waals surface area contributed by atoms with Crippen LogP contribution in [0, 0.1) is 0 Å². The third kappa shape index (κ3) is 2.12. The highest BCUT2D eigenvalue weighted by atomic mass is 19.4. The summed E-state index contributed by atoms with van der Waals surface area (Å²) in [5, 5.41) is 10.1. The van der Waals surface area contributed by atoms with Crippen molar-refractivity contribution in [2.24, 2.45) is 0 Å². The molecule has 0 amide bonds. The van der Waals surface area contributed by atoms with E-state index in [2.05, 4.69) is 15.5 Å². The van der Waals surface area contributed by atoms with E-state index in [0.717, 1.165) is 30.3 Å². The Morgan fingerprint density at radius 3 is 2.74 bits per heavy atom. The highest BCUT2D eigenvalue weighted by Gasteiger charge is 2.34. The van der Waals surface area contributed by atoms with E-state index in [4.69, 9.17) is 0 Å². The van der Waals surface area contributed by atoms with Crippen LogP contribution in [0.2, 0.25) is 0 Å². The van der Waals surface area contributed by atoms with Crippen LogP contribution < -0.4 is 5.32 Å². The van der Waals surface area contributed by atoms with Crippen molar-refractivity contribution >= 4 is 0 Å². The third-order valence-corrected chi connectivity index (χ3v) is 3.29. The van der Waals surface area contributed by atoms with Gasteiger partial charge in [-0.1, -0.05) is 18.2 Å². The SMILES string of the molecule is FC(F)(F)c1ccccc1-c1n[nH]c2c1CNCC2. The zero-order valence-electron chi connectivity index (χ0n) is 10.0. The van der Waals surface area contributed by atoms with Crippen LogP contribution >= 0.6 is 0 Å². The van der Waals surface area contributed by atoms with Crippen LogP contribution in [0.15, 0.2) is 24.3 Å². The molecule has 0 bridgehead atoms. The van der Waals surface area contributed by atoms with Crippen molar-refractivity contribution in [3.63, 3.8) is 0 Å². The summed E-state index contributed by atoms with van der Waals surface area (Å²) in [6, 6.07) is 5.55. The highest BCUT2D eigenvalue weighted by molar-refractivity contribution is 5.68. The van der Waals surface area contributed by atoms with E-state index in [1.54, 1.807) is 6.07 Å². The van der Waals surface area contributed by atoms with Gasteiger partial charge in [-0.25, -0.2) is 0 Å². The molecule has 3 nitrogen and oxygen atoms in total. The van der Waals surface area contributed by atoms with Gasteiger partial charge in [0.1, 0.15) is 0 Å². The lowest BCUT2D eigenvalue weighted by Gasteiger charge is -2.15. The quantitative estimate of drug-likeness (QED) is 0.834. The Morgan fingerprint density at radius 2 is 1.95 bits per heavy atom. The average molecular weight is 267 g/mol. The average Bonchev–Trinajstić information content (AvgIpc) is 2.81. The second-order valence-corrected chi connectivity index (χ2v) is 4.50. The Morgan fingerprint density at radius 1 is 1.16 bits per heavy atom. The summed E-state index contributed by atoms with van der Waals surface area (Å²) in [6.07, 6.45) is -3.61. The largest absolute Gasteiger partial charge is 0.417 e. The van der Waals surface area contributed by atoms with Crippen LogP contribution in [0.1, 0.15) is 16.8 Å². The third-order valence-electron chi connectivity index (χ3n) is 3.29. The summed E-state index contributed by atoms with van der Waals surface area (Å²) in [7, 11) is 0. The number of H-pyrrole nitrogens is 1. The molecule has 6 heteroatoms. The van der Waals surface area contributed by atoms with Gasteiger partial charge in [-0.2, -0.15) is 18.3 Å². The number of rotatable bonds is 1. The number of alkyl halides is 3. The molecule has 0 fully saturated rings. The van der Waals surface area contributed by atoms with Crippen molar-refractivity contribution in [3.05, 3.63) is 41.1 Å². The van der Waals surface area contributed by atoms with Crippen molar-refractivity contribution in [2.45, 2.75) is 19.1 Å². The van der Waals surface area contributed by atoms with E-state index in [0.29, 0.717) is 12.2 Å². The summed E-state index contributed by atoms with van der Waals surface area (Å²) in [5.41, 5.74) is 1.65. The molecule has 2 N–H and O–H groups in total.